The van der Waals surface area contributed by atoms with Gasteiger partial charge >= 0.3 is 5.97 Å². The van der Waals surface area contributed by atoms with Crippen LogP contribution in [0.4, 0.5) is 0 Å². The van der Waals surface area contributed by atoms with Gasteiger partial charge in [-0.15, -0.1) is 0 Å². The number of amides is 1. The Kier molecular flexibility index (Phi) is 7.30. The van der Waals surface area contributed by atoms with Crippen LogP contribution in [0.1, 0.15) is 32.8 Å². The molecule has 0 aliphatic heterocycles. The van der Waals surface area contributed by atoms with Gasteiger partial charge in [0.15, 0.2) is 18.1 Å². The number of allylic oxidation sites excluding steroid dienone is 1. The fraction of sp³-hybridized carbons (Fsp3) is 0.444. The van der Waals surface area contributed by atoms with Crippen molar-refractivity contribution in [3.63, 3.8) is 0 Å². The Hall–Kier alpha value is -2.50. The van der Waals surface area contributed by atoms with Crippen molar-refractivity contribution in [2.24, 2.45) is 5.41 Å². The zero-order valence-corrected chi connectivity index (χ0v) is 14.6. The van der Waals surface area contributed by atoms with E-state index in [2.05, 4.69) is 5.32 Å². The maximum absolute atomic E-state index is 11.8. The lowest BCUT2D eigenvalue weighted by Gasteiger charge is -2.19. The highest BCUT2D eigenvalue weighted by atomic mass is 16.5. The highest BCUT2D eigenvalue weighted by Crippen LogP contribution is 2.28. The summed E-state index contributed by atoms with van der Waals surface area (Å²) in [7, 11) is 1.54. The summed E-state index contributed by atoms with van der Waals surface area (Å²) in [5.41, 5.74) is 0.0991. The molecule has 0 aliphatic carbocycles. The average molecular weight is 335 g/mol. The van der Waals surface area contributed by atoms with Crippen molar-refractivity contribution in [1.82, 2.24) is 5.32 Å². The number of carboxylic acid groups (broad SMARTS) is 1. The van der Waals surface area contributed by atoms with E-state index in [4.69, 9.17) is 14.6 Å². The van der Waals surface area contributed by atoms with E-state index in [1.165, 1.54) is 7.11 Å². The van der Waals surface area contributed by atoms with E-state index in [9.17, 15) is 9.59 Å². The van der Waals surface area contributed by atoms with Gasteiger partial charge in [-0.25, -0.2) is 0 Å². The molecule has 0 saturated heterocycles. The molecule has 6 heteroatoms. The summed E-state index contributed by atoms with van der Waals surface area (Å²) in [5.74, 6) is -0.174. The van der Waals surface area contributed by atoms with Crippen LogP contribution in [-0.2, 0) is 9.59 Å². The standard InChI is InChI=1S/C18H25NO5/c1-5-6-13-7-8-14(15(11-13)23-4)24-12-16(20)19-10-9-18(2,3)17(21)22/h5-8,11H,9-10,12H2,1-4H3,(H,19,20)(H,21,22)/b6-5+. The minimum absolute atomic E-state index is 0.160. The Balaban J connectivity index is 2.51. The van der Waals surface area contributed by atoms with E-state index in [1.807, 2.05) is 31.2 Å². The maximum Gasteiger partial charge on any atom is 0.309 e. The number of methoxy groups -OCH3 is 1. The molecule has 1 aromatic carbocycles. The molecule has 6 nitrogen and oxygen atoms in total. The number of ether oxygens (including phenoxy) is 2. The average Bonchev–Trinajstić information content (AvgIpc) is 2.53. The molecule has 0 fully saturated rings. The zero-order chi connectivity index (χ0) is 18.2. The summed E-state index contributed by atoms with van der Waals surface area (Å²) in [4.78, 5) is 22.8. The second-order valence-electron chi connectivity index (χ2n) is 5.99. The number of carbonyl (C=O) groups excluding carboxylic acids is 1. The van der Waals surface area contributed by atoms with Crippen LogP contribution in [0, 0.1) is 5.41 Å². The van der Waals surface area contributed by atoms with Crippen molar-refractivity contribution in [3.8, 4) is 11.5 Å². The van der Waals surface area contributed by atoms with E-state index in [-0.39, 0.29) is 19.1 Å². The van der Waals surface area contributed by atoms with Gasteiger partial charge in [-0.3, -0.25) is 9.59 Å². The lowest BCUT2D eigenvalue weighted by molar-refractivity contribution is -0.147. The monoisotopic (exact) mass is 335 g/mol. The molecule has 0 saturated carbocycles. The zero-order valence-electron chi connectivity index (χ0n) is 14.6. The minimum atomic E-state index is -0.890. The Morgan fingerprint density at radius 1 is 1.29 bits per heavy atom. The normalized spacial score (nSPS) is 11.3. The van der Waals surface area contributed by atoms with Gasteiger partial charge in [0.25, 0.3) is 5.91 Å². The van der Waals surface area contributed by atoms with E-state index in [1.54, 1.807) is 19.9 Å². The van der Waals surface area contributed by atoms with Gasteiger partial charge in [-0.1, -0.05) is 18.2 Å². The Morgan fingerprint density at radius 2 is 2.00 bits per heavy atom. The smallest absolute Gasteiger partial charge is 0.309 e. The number of nitrogens with one attached hydrogen (secondary N) is 1. The summed E-state index contributed by atoms with van der Waals surface area (Å²) in [6.45, 7) is 5.28. The SMILES string of the molecule is C/C=C/c1ccc(OCC(=O)NCCC(C)(C)C(=O)O)c(OC)c1. The van der Waals surface area contributed by atoms with Crippen molar-refractivity contribution < 1.29 is 24.2 Å². The van der Waals surface area contributed by atoms with Crippen LogP contribution in [0.3, 0.4) is 0 Å². The molecule has 0 bridgehead atoms. The summed E-state index contributed by atoms with van der Waals surface area (Å²) in [6.07, 6.45) is 4.19. The Labute approximate surface area is 142 Å². The first-order chi connectivity index (χ1) is 11.3. The van der Waals surface area contributed by atoms with Crippen molar-refractivity contribution >= 4 is 18.0 Å². The van der Waals surface area contributed by atoms with Crippen LogP contribution < -0.4 is 14.8 Å². The fourth-order valence-electron chi connectivity index (χ4n) is 1.92. The summed E-state index contributed by atoms with van der Waals surface area (Å²) in [6, 6.07) is 5.43. The van der Waals surface area contributed by atoms with Gasteiger partial charge in [0, 0.05) is 6.54 Å². The number of benzene rings is 1. The quantitative estimate of drug-likeness (QED) is 0.725. The van der Waals surface area contributed by atoms with E-state index in [0.717, 1.165) is 5.56 Å². The first-order valence-corrected chi connectivity index (χ1v) is 7.74. The molecule has 0 unspecified atom stereocenters. The lowest BCUT2D eigenvalue weighted by atomic mass is 9.90. The molecule has 1 amide bonds. The van der Waals surface area contributed by atoms with Crippen molar-refractivity contribution in [1.29, 1.82) is 0 Å². The van der Waals surface area contributed by atoms with E-state index >= 15 is 0 Å². The third-order valence-corrected chi connectivity index (χ3v) is 3.56. The molecule has 132 valence electrons. The number of hydrogen-bond donors (Lipinski definition) is 2. The Bertz CT molecular complexity index is 607. The number of hydrogen-bond acceptors (Lipinski definition) is 4. The van der Waals surface area contributed by atoms with Crippen LogP contribution in [0.2, 0.25) is 0 Å². The van der Waals surface area contributed by atoms with Crippen LogP contribution >= 0.6 is 0 Å². The van der Waals surface area contributed by atoms with Crippen molar-refractivity contribution in [3.05, 3.63) is 29.8 Å². The summed E-state index contributed by atoms with van der Waals surface area (Å²) in [5, 5.41) is 11.7. The second-order valence-corrected chi connectivity index (χ2v) is 5.99. The molecule has 0 atom stereocenters. The first-order valence-electron chi connectivity index (χ1n) is 7.74. The predicted molar refractivity (Wildman–Crippen MR) is 92.2 cm³/mol. The van der Waals surface area contributed by atoms with Crippen LogP contribution in [0.5, 0.6) is 11.5 Å². The lowest BCUT2D eigenvalue weighted by Crippen LogP contribution is -2.34. The van der Waals surface area contributed by atoms with Crippen molar-refractivity contribution in [2.75, 3.05) is 20.3 Å². The van der Waals surface area contributed by atoms with E-state index in [0.29, 0.717) is 17.9 Å². The molecule has 0 aliphatic rings. The molecule has 1 aromatic rings. The molecule has 0 radical (unpaired) electrons. The third kappa shape index (κ3) is 5.95. The third-order valence-electron chi connectivity index (χ3n) is 3.56. The number of carboxylic acids is 1. The topological polar surface area (TPSA) is 84.9 Å². The van der Waals surface area contributed by atoms with Gasteiger partial charge in [0.1, 0.15) is 0 Å². The molecule has 1 rings (SSSR count). The highest BCUT2D eigenvalue weighted by molar-refractivity contribution is 5.78. The van der Waals surface area contributed by atoms with Gasteiger partial charge < -0.3 is 19.9 Å². The molecule has 0 spiro atoms. The molecule has 24 heavy (non-hydrogen) atoms. The number of rotatable bonds is 9. The molecule has 2 N–H and O–H groups in total. The van der Waals surface area contributed by atoms with Crippen LogP contribution in [-0.4, -0.2) is 37.2 Å². The van der Waals surface area contributed by atoms with Crippen molar-refractivity contribution in [2.45, 2.75) is 27.2 Å². The van der Waals surface area contributed by atoms with Gasteiger partial charge in [0.2, 0.25) is 0 Å². The number of aliphatic carboxylic acids is 1. The summed E-state index contributed by atoms with van der Waals surface area (Å²) >= 11 is 0. The van der Waals surface area contributed by atoms with Gasteiger partial charge in [-0.2, -0.15) is 0 Å². The molecular weight excluding hydrogens is 310 g/mol. The summed E-state index contributed by atoms with van der Waals surface area (Å²) < 4.78 is 10.7. The first kappa shape index (κ1) is 19.5. The van der Waals surface area contributed by atoms with Gasteiger partial charge in [0.05, 0.1) is 12.5 Å². The molecule has 0 aromatic heterocycles. The maximum atomic E-state index is 11.8. The fourth-order valence-corrected chi connectivity index (χ4v) is 1.92. The highest BCUT2D eigenvalue weighted by Gasteiger charge is 2.26. The molecule has 0 heterocycles. The number of carbonyl (C=O) groups is 2. The largest absolute Gasteiger partial charge is 0.493 e. The van der Waals surface area contributed by atoms with Crippen LogP contribution in [0.15, 0.2) is 24.3 Å². The second kappa shape index (κ2) is 8.96. The van der Waals surface area contributed by atoms with Crippen LogP contribution in [0.25, 0.3) is 6.08 Å². The van der Waals surface area contributed by atoms with E-state index < -0.39 is 11.4 Å². The predicted octanol–water partition coefficient (Wildman–Crippen LogP) is 2.72. The minimum Gasteiger partial charge on any atom is -0.493 e. The van der Waals surface area contributed by atoms with Gasteiger partial charge in [-0.05, 0) is 44.9 Å². The Morgan fingerprint density at radius 3 is 2.58 bits per heavy atom. The molecular formula is C18H25NO5.